The van der Waals surface area contributed by atoms with Gasteiger partial charge in [-0.1, -0.05) is 18.2 Å². The van der Waals surface area contributed by atoms with Crippen LogP contribution in [0.5, 0.6) is 5.75 Å². The topological polar surface area (TPSA) is 108 Å². The van der Waals surface area contributed by atoms with Crippen LogP contribution in [0.4, 0.5) is 8.78 Å². The van der Waals surface area contributed by atoms with Gasteiger partial charge in [-0.3, -0.25) is 29.4 Å². The van der Waals surface area contributed by atoms with Crippen molar-refractivity contribution in [2.75, 3.05) is 19.7 Å². The Balaban J connectivity index is 1.13. The van der Waals surface area contributed by atoms with E-state index in [-0.39, 0.29) is 50.1 Å². The molecule has 2 atom stereocenters. The lowest BCUT2D eigenvalue weighted by Gasteiger charge is -2.44. The molecule has 2 N–H and O–H groups in total. The van der Waals surface area contributed by atoms with E-state index >= 15 is 8.78 Å². The Labute approximate surface area is 222 Å². The molecule has 0 aliphatic carbocycles. The summed E-state index contributed by atoms with van der Waals surface area (Å²) in [5.74, 6) is -4.20. The van der Waals surface area contributed by atoms with E-state index in [9.17, 15) is 19.2 Å². The van der Waals surface area contributed by atoms with Crippen molar-refractivity contribution in [3.63, 3.8) is 0 Å². The predicted octanol–water partition coefficient (Wildman–Crippen LogP) is 1.86. The molecule has 2 aromatic carbocycles. The molecule has 2 saturated heterocycles. The smallest absolute Gasteiger partial charge is 0.273 e. The Morgan fingerprint density at radius 2 is 1.92 bits per heavy atom. The number of amides is 4. The molecule has 2 fully saturated rings. The number of halogens is 2. The SMILES string of the molecule is O=C1CC[C@H](N2Cc3c(ccc4c3OCC43CCN(Cc4ccc5c(c4)C(=O)NC5)CC3(F)F)C2=O)C(=O)N1. The first kappa shape index (κ1) is 24.2. The summed E-state index contributed by atoms with van der Waals surface area (Å²) in [6.07, 6.45) is 0.526. The number of carbonyl (C=O) groups is 4. The lowest BCUT2D eigenvalue weighted by atomic mass is 9.71. The molecule has 1 spiro atoms. The van der Waals surface area contributed by atoms with Crippen molar-refractivity contribution in [3.8, 4) is 5.75 Å². The Morgan fingerprint density at radius 3 is 2.72 bits per heavy atom. The molecular formula is C28H26F2N4O5. The molecule has 2 aromatic rings. The number of nitrogens with zero attached hydrogens (tertiary/aromatic N) is 2. The van der Waals surface area contributed by atoms with E-state index in [1.165, 1.54) is 4.90 Å². The van der Waals surface area contributed by atoms with E-state index in [4.69, 9.17) is 4.74 Å². The average Bonchev–Trinajstić information content (AvgIpc) is 3.56. The summed E-state index contributed by atoms with van der Waals surface area (Å²) >= 11 is 0. The molecule has 0 saturated carbocycles. The summed E-state index contributed by atoms with van der Waals surface area (Å²) in [6.45, 7) is 0.629. The fourth-order valence-corrected chi connectivity index (χ4v) is 6.73. The number of hydrogen-bond acceptors (Lipinski definition) is 6. The van der Waals surface area contributed by atoms with Crippen LogP contribution in [0.3, 0.4) is 0 Å². The largest absolute Gasteiger partial charge is 0.492 e. The molecule has 5 aliphatic heterocycles. The number of fused-ring (bicyclic) bond motifs is 5. The second-order valence-electron chi connectivity index (χ2n) is 11.1. The standard InChI is InChI=1S/C28H26F2N4O5/c29-28(30)13-33(11-15-1-2-16-10-31-24(36)18(16)9-15)8-7-27(28)14-39-23-19-12-34(21-5-6-22(35)32-25(21)37)26(38)17(19)3-4-20(23)27/h1-4,9,21H,5-8,10-14H2,(H,31,36)(H,32,35,37)/t21-,27?/m0/s1. The number of rotatable bonds is 3. The van der Waals surface area contributed by atoms with Gasteiger partial charge in [-0.2, -0.15) is 0 Å². The molecule has 0 radical (unpaired) electrons. The number of ether oxygens (including phenoxy) is 1. The maximum Gasteiger partial charge on any atom is 0.273 e. The first-order chi connectivity index (χ1) is 18.7. The highest BCUT2D eigenvalue weighted by Crippen LogP contribution is 2.55. The Bertz CT molecular complexity index is 1480. The van der Waals surface area contributed by atoms with Gasteiger partial charge in [0.1, 0.15) is 18.4 Å². The molecule has 4 amide bonds. The molecule has 5 heterocycles. The number of imide groups is 1. The fourth-order valence-electron chi connectivity index (χ4n) is 6.73. The fraction of sp³-hybridized carbons (Fsp3) is 0.429. The molecule has 7 rings (SSSR count). The zero-order valence-corrected chi connectivity index (χ0v) is 21.0. The van der Waals surface area contributed by atoms with Gasteiger partial charge in [0.25, 0.3) is 17.7 Å². The van der Waals surface area contributed by atoms with E-state index < -0.39 is 29.8 Å². The summed E-state index contributed by atoms with van der Waals surface area (Å²) in [7, 11) is 0. The monoisotopic (exact) mass is 536 g/mol. The summed E-state index contributed by atoms with van der Waals surface area (Å²) in [5.41, 5.74) is 2.07. The first-order valence-corrected chi connectivity index (χ1v) is 13.1. The van der Waals surface area contributed by atoms with Crippen molar-refractivity contribution in [2.24, 2.45) is 0 Å². The van der Waals surface area contributed by atoms with Crippen molar-refractivity contribution in [1.82, 2.24) is 20.4 Å². The minimum atomic E-state index is -3.11. The number of hydrogen-bond donors (Lipinski definition) is 2. The van der Waals surface area contributed by atoms with Gasteiger partial charge in [0.2, 0.25) is 11.8 Å². The van der Waals surface area contributed by atoms with E-state index in [2.05, 4.69) is 10.6 Å². The number of alkyl halides is 2. The normalized spacial score (nSPS) is 27.2. The van der Waals surface area contributed by atoms with Crippen LogP contribution in [-0.2, 0) is 34.6 Å². The summed E-state index contributed by atoms with van der Waals surface area (Å²) < 4.78 is 38.0. The van der Waals surface area contributed by atoms with Crippen molar-refractivity contribution in [3.05, 3.63) is 63.7 Å². The van der Waals surface area contributed by atoms with E-state index in [0.717, 1.165) is 11.1 Å². The van der Waals surface area contributed by atoms with Crippen molar-refractivity contribution in [1.29, 1.82) is 0 Å². The molecule has 1 unspecified atom stereocenters. The highest BCUT2D eigenvalue weighted by atomic mass is 19.3. The van der Waals surface area contributed by atoms with Gasteiger partial charge in [0.15, 0.2) is 0 Å². The van der Waals surface area contributed by atoms with Crippen molar-refractivity contribution >= 4 is 23.6 Å². The van der Waals surface area contributed by atoms with Gasteiger partial charge in [-0.15, -0.1) is 0 Å². The van der Waals surface area contributed by atoms with Crippen LogP contribution in [0.1, 0.15) is 62.2 Å². The quantitative estimate of drug-likeness (QED) is 0.580. The van der Waals surface area contributed by atoms with Crippen LogP contribution in [0.2, 0.25) is 0 Å². The molecule has 0 bridgehead atoms. The summed E-state index contributed by atoms with van der Waals surface area (Å²) in [5, 5.41) is 5.05. The van der Waals surface area contributed by atoms with E-state index in [0.29, 0.717) is 47.6 Å². The molecule has 5 aliphatic rings. The zero-order chi connectivity index (χ0) is 27.1. The van der Waals surface area contributed by atoms with Crippen LogP contribution < -0.4 is 15.4 Å². The predicted molar refractivity (Wildman–Crippen MR) is 132 cm³/mol. The summed E-state index contributed by atoms with van der Waals surface area (Å²) in [6, 6.07) is 7.88. The lowest BCUT2D eigenvalue weighted by Crippen LogP contribution is -2.58. The van der Waals surface area contributed by atoms with Crippen molar-refractivity contribution in [2.45, 2.75) is 56.3 Å². The van der Waals surface area contributed by atoms with E-state index in [1.54, 1.807) is 23.1 Å². The maximum absolute atomic E-state index is 16.0. The first-order valence-electron chi connectivity index (χ1n) is 13.1. The molecule has 39 heavy (non-hydrogen) atoms. The number of likely N-dealkylation sites (tertiary alicyclic amines) is 1. The van der Waals surface area contributed by atoms with Gasteiger partial charge in [0.05, 0.1) is 18.5 Å². The maximum atomic E-state index is 16.0. The van der Waals surface area contributed by atoms with Crippen molar-refractivity contribution < 1.29 is 32.7 Å². The van der Waals surface area contributed by atoms with Crippen LogP contribution in [0.15, 0.2) is 30.3 Å². The van der Waals surface area contributed by atoms with Crippen LogP contribution >= 0.6 is 0 Å². The third-order valence-electron chi connectivity index (χ3n) is 8.89. The number of piperidine rings is 2. The second-order valence-corrected chi connectivity index (χ2v) is 11.1. The molecule has 9 nitrogen and oxygen atoms in total. The van der Waals surface area contributed by atoms with Crippen LogP contribution in [0, 0.1) is 0 Å². The number of nitrogens with one attached hydrogen (secondary N) is 2. The lowest BCUT2D eigenvalue weighted by molar-refractivity contribution is -0.137. The zero-order valence-electron chi connectivity index (χ0n) is 21.0. The Hall–Kier alpha value is -3.86. The third-order valence-corrected chi connectivity index (χ3v) is 8.89. The highest BCUT2D eigenvalue weighted by molar-refractivity contribution is 6.06. The highest BCUT2D eigenvalue weighted by Gasteiger charge is 2.62. The van der Waals surface area contributed by atoms with Gasteiger partial charge < -0.3 is 15.0 Å². The Kier molecular flexibility index (Phi) is 5.16. The third kappa shape index (κ3) is 3.52. The minimum absolute atomic E-state index is 0.0727. The van der Waals surface area contributed by atoms with Gasteiger partial charge in [-0.05, 0) is 42.6 Å². The van der Waals surface area contributed by atoms with Gasteiger partial charge in [0, 0.05) is 41.8 Å². The van der Waals surface area contributed by atoms with Crippen LogP contribution in [0.25, 0.3) is 0 Å². The minimum Gasteiger partial charge on any atom is -0.492 e. The van der Waals surface area contributed by atoms with Gasteiger partial charge in [-0.25, -0.2) is 8.78 Å². The van der Waals surface area contributed by atoms with Gasteiger partial charge >= 0.3 is 0 Å². The molecule has 0 aromatic heterocycles. The second kappa shape index (κ2) is 8.32. The number of benzene rings is 2. The molecule has 202 valence electrons. The Morgan fingerprint density at radius 1 is 1.08 bits per heavy atom. The summed E-state index contributed by atoms with van der Waals surface area (Å²) in [4.78, 5) is 52.2. The van der Waals surface area contributed by atoms with Crippen LogP contribution in [-0.4, -0.2) is 65.1 Å². The number of carbonyl (C=O) groups excluding carboxylic acids is 4. The van der Waals surface area contributed by atoms with E-state index in [1.807, 2.05) is 12.1 Å². The molecular weight excluding hydrogens is 510 g/mol. The average molecular weight is 537 g/mol. The molecule has 11 heteroatoms.